The maximum absolute atomic E-state index is 14.4. The summed E-state index contributed by atoms with van der Waals surface area (Å²) in [5.74, 6) is 0.146. The average molecular weight is 656 g/mol. The summed E-state index contributed by atoms with van der Waals surface area (Å²) in [6, 6.07) is 31.0. The molecule has 5 rings (SSSR count). The fraction of sp³-hybridized carbons (Fsp3) is 0.282. The Balaban J connectivity index is 1.41. The highest BCUT2D eigenvalue weighted by molar-refractivity contribution is 5.95. The lowest BCUT2D eigenvalue weighted by atomic mass is 10.0. The maximum Gasteiger partial charge on any atom is 0.416 e. The van der Waals surface area contributed by atoms with Gasteiger partial charge in [0.15, 0.2) is 0 Å². The van der Waals surface area contributed by atoms with Gasteiger partial charge < -0.3 is 14.5 Å². The van der Waals surface area contributed by atoms with Crippen LogP contribution in [-0.4, -0.2) is 65.3 Å². The molecule has 0 saturated carbocycles. The minimum atomic E-state index is -4.45. The second kappa shape index (κ2) is 16.3. The number of hydrogen-bond donors (Lipinski definition) is 0. The molecule has 1 atom stereocenters. The first-order chi connectivity index (χ1) is 23.2. The van der Waals surface area contributed by atoms with Crippen LogP contribution >= 0.6 is 0 Å². The number of nitrogens with zero attached hydrogens (tertiary/aromatic N) is 3. The molecule has 0 bridgehead atoms. The number of rotatable bonds is 12. The normalized spacial score (nSPS) is 14.5. The van der Waals surface area contributed by atoms with Crippen LogP contribution in [0.5, 0.6) is 5.75 Å². The van der Waals surface area contributed by atoms with E-state index in [1.165, 1.54) is 29.8 Å². The number of amides is 2. The predicted molar refractivity (Wildman–Crippen MR) is 181 cm³/mol. The standard InChI is InChI=1S/C39H40F3N3O3/c1-2-48-35-20-15-33(16-21-35)29-45(37(46)22-17-30-13-18-34(19-14-30)39(40,41)42)36(27-31-9-5-3-6-10-31)38(47)44-25-23-43(24-26-44)28-32-11-7-4-8-12-32/h3-22,36H,2,23-29H2,1H3. The predicted octanol–water partition coefficient (Wildman–Crippen LogP) is 7.10. The quantitative estimate of drug-likeness (QED) is 0.153. The van der Waals surface area contributed by atoms with Gasteiger partial charge in [0.1, 0.15) is 11.8 Å². The third kappa shape index (κ3) is 9.58. The van der Waals surface area contributed by atoms with E-state index in [4.69, 9.17) is 4.74 Å². The second-order valence-corrected chi connectivity index (χ2v) is 11.8. The zero-order valence-electron chi connectivity index (χ0n) is 27.0. The average Bonchev–Trinajstić information content (AvgIpc) is 3.10. The summed E-state index contributed by atoms with van der Waals surface area (Å²) in [7, 11) is 0. The molecule has 0 radical (unpaired) electrons. The molecule has 4 aromatic rings. The Morgan fingerprint density at radius 3 is 1.98 bits per heavy atom. The molecule has 250 valence electrons. The highest BCUT2D eigenvalue weighted by Gasteiger charge is 2.34. The molecule has 4 aromatic carbocycles. The van der Waals surface area contributed by atoms with E-state index in [0.29, 0.717) is 50.5 Å². The summed E-state index contributed by atoms with van der Waals surface area (Å²) >= 11 is 0. The van der Waals surface area contributed by atoms with E-state index in [1.54, 1.807) is 4.90 Å². The van der Waals surface area contributed by atoms with Crippen LogP contribution in [0.2, 0.25) is 0 Å². The number of ether oxygens (including phenoxy) is 1. The molecule has 1 heterocycles. The number of hydrogen-bond acceptors (Lipinski definition) is 4. The summed E-state index contributed by atoms with van der Waals surface area (Å²) < 4.78 is 44.9. The summed E-state index contributed by atoms with van der Waals surface area (Å²) in [5, 5.41) is 0. The lowest BCUT2D eigenvalue weighted by molar-refractivity contribution is -0.145. The molecule has 9 heteroatoms. The summed E-state index contributed by atoms with van der Waals surface area (Å²) in [4.78, 5) is 34.2. The minimum Gasteiger partial charge on any atom is -0.494 e. The van der Waals surface area contributed by atoms with Gasteiger partial charge in [0.25, 0.3) is 0 Å². The van der Waals surface area contributed by atoms with Crippen molar-refractivity contribution in [3.05, 3.63) is 143 Å². The molecule has 0 N–H and O–H groups in total. The molecule has 1 aliphatic heterocycles. The lowest BCUT2D eigenvalue weighted by Crippen LogP contribution is -2.56. The van der Waals surface area contributed by atoms with E-state index < -0.39 is 23.7 Å². The van der Waals surface area contributed by atoms with E-state index in [1.807, 2.05) is 84.6 Å². The second-order valence-electron chi connectivity index (χ2n) is 11.8. The van der Waals surface area contributed by atoms with Crippen molar-refractivity contribution in [1.29, 1.82) is 0 Å². The molecular weight excluding hydrogens is 615 g/mol. The zero-order chi connectivity index (χ0) is 33.9. The van der Waals surface area contributed by atoms with Crippen molar-refractivity contribution >= 4 is 17.9 Å². The van der Waals surface area contributed by atoms with Crippen molar-refractivity contribution in [1.82, 2.24) is 14.7 Å². The van der Waals surface area contributed by atoms with Crippen molar-refractivity contribution in [2.45, 2.75) is 38.7 Å². The Labute approximate surface area is 280 Å². The van der Waals surface area contributed by atoms with Gasteiger partial charge in [-0.05, 0) is 59.5 Å². The molecule has 6 nitrogen and oxygen atoms in total. The van der Waals surface area contributed by atoms with Crippen LogP contribution in [0.25, 0.3) is 6.08 Å². The van der Waals surface area contributed by atoms with E-state index >= 15 is 0 Å². The van der Waals surface area contributed by atoms with Crippen LogP contribution < -0.4 is 4.74 Å². The minimum absolute atomic E-state index is 0.138. The lowest BCUT2D eigenvalue weighted by Gasteiger charge is -2.39. The van der Waals surface area contributed by atoms with Crippen LogP contribution in [0.4, 0.5) is 13.2 Å². The van der Waals surface area contributed by atoms with Crippen molar-refractivity contribution in [3.8, 4) is 5.75 Å². The Hall–Kier alpha value is -4.89. The number of carbonyl (C=O) groups is 2. The third-order valence-corrected chi connectivity index (χ3v) is 8.39. The maximum atomic E-state index is 14.4. The number of benzene rings is 4. The van der Waals surface area contributed by atoms with Gasteiger partial charge in [-0.3, -0.25) is 14.5 Å². The van der Waals surface area contributed by atoms with E-state index in [0.717, 1.165) is 29.8 Å². The summed E-state index contributed by atoms with van der Waals surface area (Å²) in [5.41, 5.74) is 2.62. The first kappa shape index (κ1) is 34.4. The highest BCUT2D eigenvalue weighted by atomic mass is 19.4. The van der Waals surface area contributed by atoms with Crippen molar-refractivity contribution in [3.63, 3.8) is 0 Å². The molecule has 1 fully saturated rings. The van der Waals surface area contributed by atoms with E-state index in [-0.39, 0.29) is 12.5 Å². The Kier molecular flexibility index (Phi) is 11.7. The van der Waals surface area contributed by atoms with E-state index in [2.05, 4.69) is 17.0 Å². The first-order valence-corrected chi connectivity index (χ1v) is 16.2. The number of carbonyl (C=O) groups excluding carboxylic acids is 2. The topological polar surface area (TPSA) is 53.1 Å². The molecule has 1 aliphatic rings. The summed E-state index contributed by atoms with van der Waals surface area (Å²) in [6.07, 6.45) is -1.33. The molecule has 48 heavy (non-hydrogen) atoms. The monoisotopic (exact) mass is 655 g/mol. The zero-order valence-corrected chi connectivity index (χ0v) is 27.0. The SMILES string of the molecule is CCOc1ccc(CN(C(=O)C=Cc2ccc(C(F)(F)F)cc2)C(Cc2ccccc2)C(=O)N2CCN(Cc3ccccc3)CC2)cc1. The van der Waals surface area contributed by atoms with Gasteiger partial charge in [-0.25, -0.2) is 0 Å². The van der Waals surface area contributed by atoms with Gasteiger partial charge in [0.2, 0.25) is 11.8 Å². The smallest absolute Gasteiger partial charge is 0.416 e. The van der Waals surface area contributed by atoms with Crippen LogP contribution in [0.15, 0.2) is 115 Å². The molecular formula is C39H40F3N3O3. The van der Waals surface area contributed by atoms with Gasteiger partial charge >= 0.3 is 6.18 Å². The van der Waals surface area contributed by atoms with Crippen LogP contribution in [-0.2, 0) is 35.3 Å². The van der Waals surface area contributed by atoms with Crippen molar-refractivity contribution in [2.24, 2.45) is 0 Å². The van der Waals surface area contributed by atoms with Gasteiger partial charge in [0.05, 0.1) is 12.2 Å². The van der Waals surface area contributed by atoms with Crippen LogP contribution in [0.3, 0.4) is 0 Å². The molecule has 2 amide bonds. The van der Waals surface area contributed by atoms with Crippen LogP contribution in [0, 0.1) is 0 Å². The Morgan fingerprint density at radius 2 is 1.40 bits per heavy atom. The third-order valence-electron chi connectivity index (χ3n) is 8.39. The van der Waals surface area contributed by atoms with Gasteiger partial charge in [-0.1, -0.05) is 84.9 Å². The molecule has 0 aromatic heterocycles. The van der Waals surface area contributed by atoms with Gasteiger partial charge in [-0.2, -0.15) is 13.2 Å². The largest absolute Gasteiger partial charge is 0.494 e. The van der Waals surface area contributed by atoms with Crippen LogP contribution in [0.1, 0.15) is 34.7 Å². The fourth-order valence-corrected chi connectivity index (χ4v) is 5.79. The summed E-state index contributed by atoms with van der Waals surface area (Å²) in [6.45, 7) is 5.85. The molecule has 1 unspecified atom stereocenters. The van der Waals surface area contributed by atoms with Gasteiger partial charge in [-0.15, -0.1) is 0 Å². The van der Waals surface area contributed by atoms with Crippen molar-refractivity contribution in [2.75, 3.05) is 32.8 Å². The molecule has 0 spiro atoms. The van der Waals surface area contributed by atoms with Gasteiger partial charge in [0, 0.05) is 51.8 Å². The first-order valence-electron chi connectivity index (χ1n) is 16.2. The van der Waals surface area contributed by atoms with E-state index in [9.17, 15) is 22.8 Å². The van der Waals surface area contributed by atoms with Crippen molar-refractivity contribution < 1.29 is 27.5 Å². The number of piperazine rings is 1. The Morgan fingerprint density at radius 1 is 0.792 bits per heavy atom. The Bertz CT molecular complexity index is 1640. The molecule has 0 aliphatic carbocycles. The fourth-order valence-electron chi connectivity index (χ4n) is 5.79. The highest BCUT2D eigenvalue weighted by Crippen LogP contribution is 2.29. The molecule has 1 saturated heterocycles. The number of alkyl halides is 3. The number of halogens is 3.